The molecular formula is C10H4BrF6N. The quantitative estimate of drug-likeness (QED) is 0.549. The first-order valence-electron chi connectivity index (χ1n) is 4.38. The normalized spacial score (nSPS) is 12.3. The molecule has 0 N–H and O–H groups in total. The summed E-state index contributed by atoms with van der Waals surface area (Å²) in [4.78, 5) is 0. The maximum atomic E-state index is 12.6. The van der Waals surface area contributed by atoms with E-state index < -0.39 is 34.6 Å². The number of alkyl halides is 7. The van der Waals surface area contributed by atoms with Gasteiger partial charge in [-0.15, -0.1) is 0 Å². The van der Waals surface area contributed by atoms with E-state index in [0.29, 0.717) is 6.07 Å². The largest absolute Gasteiger partial charge is 0.417 e. The van der Waals surface area contributed by atoms with Gasteiger partial charge in [-0.1, -0.05) is 15.9 Å². The van der Waals surface area contributed by atoms with Crippen molar-refractivity contribution < 1.29 is 26.3 Å². The fraction of sp³-hybridized carbons (Fsp3) is 0.300. The van der Waals surface area contributed by atoms with Crippen LogP contribution in [0.1, 0.15) is 22.3 Å². The standard InChI is InChI=1S/C10H4BrF6N/c11-3-5-1-6(4-18)8(10(15,16)17)2-7(5)9(12,13)14/h1-2H,3H2. The topological polar surface area (TPSA) is 23.8 Å². The van der Waals surface area contributed by atoms with Crippen molar-refractivity contribution in [3.05, 3.63) is 34.4 Å². The molecular weight excluding hydrogens is 328 g/mol. The van der Waals surface area contributed by atoms with Gasteiger partial charge >= 0.3 is 12.4 Å². The molecule has 1 rings (SSSR count). The summed E-state index contributed by atoms with van der Waals surface area (Å²) < 4.78 is 75.2. The van der Waals surface area contributed by atoms with Gasteiger partial charge in [0, 0.05) is 5.33 Å². The van der Waals surface area contributed by atoms with Crippen LogP contribution in [-0.4, -0.2) is 0 Å². The first-order valence-corrected chi connectivity index (χ1v) is 5.50. The molecule has 0 unspecified atom stereocenters. The number of rotatable bonds is 1. The molecule has 0 aliphatic carbocycles. The average molecular weight is 332 g/mol. The Balaban J connectivity index is 3.61. The number of nitriles is 1. The van der Waals surface area contributed by atoms with E-state index in [9.17, 15) is 26.3 Å². The summed E-state index contributed by atoms with van der Waals surface area (Å²) in [5.74, 6) is 0. The predicted molar refractivity (Wildman–Crippen MR) is 53.8 cm³/mol. The van der Waals surface area contributed by atoms with E-state index in [1.165, 1.54) is 6.07 Å². The van der Waals surface area contributed by atoms with Crippen molar-refractivity contribution in [2.75, 3.05) is 0 Å². The molecule has 0 atom stereocenters. The summed E-state index contributed by atoms with van der Waals surface area (Å²) in [6, 6.07) is 1.81. The Bertz CT molecular complexity index is 497. The fourth-order valence-corrected chi connectivity index (χ4v) is 1.81. The zero-order valence-electron chi connectivity index (χ0n) is 8.45. The molecule has 0 saturated carbocycles. The Morgan fingerprint density at radius 1 is 1.00 bits per heavy atom. The molecule has 0 fully saturated rings. The average Bonchev–Trinajstić information content (AvgIpc) is 2.24. The summed E-state index contributed by atoms with van der Waals surface area (Å²) >= 11 is 2.75. The second kappa shape index (κ2) is 4.80. The molecule has 1 aromatic rings. The van der Waals surface area contributed by atoms with Crippen molar-refractivity contribution in [1.29, 1.82) is 5.26 Å². The van der Waals surface area contributed by atoms with E-state index in [-0.39, 0.29) is 11.4 Å². The van der Waals surface area contributed by atoms with E-state index in [2.05, 4.69) is 15.9 Å². The smallest absolute Gasteiger partial charge is 0.192 e. The van der Waals surface area contributed by atoms with Crippen LogP contribution in [-0.2, 0) is 17.7 Å². The Labute approximate surface area is 106 Å². The van der Waals surface area contributed by atoms with Crippen LogP contribution in [0.5, 0.6) is 0 Å². The summed E-state index contributed by atoms with van der Waals surface area (Å²) in [7, 11) is 0. The molecule has 8 heteroatoms. The van der Waals surface area contributed by atoms with Gasteiger partial charge in [-0.3, -0.25) is 0 Å². The van der Waals surface area contributed by atoms with Crippen LogP contribution < -0.4 is 0 Å². The highest BCUT2D eigenvalue weighted by atomic mass is 79.9. The zero-order chi connectivity index (χ0) is 14.1. The molecule has 18 heavy (non-hydrogen) atoms. The van der Waals surface area contributed by atoms with Crippen molar-refractivity contribution in [3.8, 4) is 6.07 Å². The summed E-state index contributed by atoms with van der Waals surface area (Å²) in [5.41, 5.74) is -4.22. The molecule has 0 heterocycles. The van der Waals surface area contributed by atoms with Crippen LogP contribution in [0.4, 0.5) is 26.3 Å². The van der Waals surface area contributed by atoms with Gasteiger partial charge in [0.25, 0.3) is 0 Å². The minimum Gasteiger partial charge on any atom is -0.192 e. The molecule has 0 bridgehead atoms. The van der Waals surface area contributed by atoms with Gasteiger partial charge in [-0.2, -0.15) is 31.6 Å². The molecule has 1 nitrogen and oxygen atoms in total. The summed E-state index contributed by atoms with van der Waals surface area (Å²) in [6.45, 7) is 0. The second-order valence-electron chi connectivity index (χ2n) is 3.30. The lowest BCUT2D eigenvalue weighted by Crippen LogP contribution is -2.15. The monoisotopic (exact) mass is 331 g/mol. The Morgan fingerprint density at radius 3 is 1.83 bits per heavy atom. The fourth-order valence-electron chi connectivity index (χ4n) is 1.35. The van der Waals surface area contributed by atoms with Crippen molar-refractivity contribution in [1.82, 2.24) is 0 Å². The van der Waals surface area contributed by atoms with Gasteiger partial charge < -0.3 is 0 Å². The SMILES string of the molecule is N#Cc1cc(CBr)c(C(F)(F)F)cc1C(F)(F)F. The van der Waals surface area contributed by atoms with Gasteiger partial charge in [-0.05, 0) is 17.7 Å². The van der Waals surface area contributed by atoms with E-state index in [0.717, 1.165) is 0 Å². The zero-order valence-corrected chi connectivity index (χ0v) is 10.0. The van der Waals surface area contributed by atoms with Gasteiger partial charge in [0.1, 0.15) is 0 Å². The van der Waals surface area contributed by atoms with Crippen LogP contribution in [0, 0.1) is 11.3 Å². The van der Waals surface area contributed by atoms with Crippen molar-refractivity contribution >= 4 is 15.9 Å². The third-order valence-electron chi connectivity index (χ3n) is 2.12. The van der Waals surface area contributed by atoms with Crippen LogP contribution in [0.3, 0.4) is 0 Å². The molecule has 0 spiro atoms. The molecule has 0 saturated heterocycles. The molecule has 1 aromatic carbocycles. The Morgan fingerprint density at radius 2 is 1.50 bits per heavy atom. The van der Waals surface area contributed by atoms with Crippen LogP contribution in [0.2, 0.25) is 0 Å². The van der Waals surface area contributed by atoms with Gasteiger partial charge in [0.05, 0.1) is 22.8 Å². The lowest BCUT2D eigenvalue weighted by Gasteiger charge is -2.16. The minimum atomic E-state index is -5.00. The molecule has 0 radical (unpaired) electrons. The van der Waals surface area contributed by atoms with E-state index in [4.69, 9.17) is 5.26 Å². The van der Waals surface area contributed by atoms with E-state index in [1.54, 1.807) is 0 Å². The Hall–Kier alpha value is -1.23. The van der Waals surface area contributed by atoms with Crippen molar-refractivity contribution in [3.63, 3.8) is 0 Å². The number of hydrogen-bond acceptors (Lipinski definition) is 1. The highest BCUT2D eigenvalue weighted by Crippen LogP contribution is 2.39. The second-order valence-corrected chi connectivity index (χ2v) is 3.86. The van der Waals surface area contributed by atoms with Crippen LogP contribution in [0.15, 0.2) is 12.1 Å². The lowest BCUT2D eigenvalue weighted by atomic mass is 9.99. The predicted octanol–water partition coefficient (Wildman–Crippen LogP) is 4.49. The highest BCUT2D eigenvalue weighted by Gasteiger charge is 2.39. The number of benzene rings is 1. The van der Waals surface area contributed by atoms with Crippen molar-refractivity contribution in [2.24, 2.45) is 0 Å². The molecule has 0 amide bonds. The molecule has 0 aliphatic heterocycles. The van der Waals surface area contributed by atoms with Gasteiger partial charge in [0.15, 0.2) is 0 Å². The highest BCUT2D eigenvalue weighted by molar-refractivity contribution is 9.08. The lowest BCUT2D eigenvalue weighted by molar-refractivity contribution is -0.143. The first kappa shape index (κ1) is 14.8. The number of halogens is 7. The number of nitrogens with zero attached hydrogens (tertiary/aromatic N) is 1. The maximum Gasteiger partial charge on any atom is 0.417 e. The summed E-state index contributed by atoms with van der Waals surface area (Å²) in [6.07, 6.45) is -9.91. The molecule has 98 valence electrons. The first-order chi connectivity index (χ1) is 8.11. The van der Waals surface area contributed by atoms with Crippen LogP contribution >= 0.6 is 15.9 Å². The third kappa shape index (κ3) is 2.96. The molecule has 0 aromatic heterocycles. The van der Waals surface area contributed by atoms with Crippen LogP contribution in [0.25, 0.3) is 0 Å². The maximum absolute atomic E-state index is 12.6. The van der Waals surface area contributed by atoms with E-state index >= 15 is 0 Å². The van der Waals surface area contributed by atoms with Crippen molar-refractivity contribution in [2.45, 2.75) is 17.7 Å². The molecule has 0 aliphatic rings. The van der Waals surface area contributed by atoms with Gasteiger partial charge in [-0.25, -0.2) is 0 Å². The Kier molecular flexibility index (Phi) is 3.96. The third-order valence-corrected chi connectivity index (χ3v) is 2.72. The number of hydrogen-bond donors (Lipinski definition) is 0. The summed E-state index contributed by atoms with van der Waals surface area (Å²) in [5, 5.41) is 8.25. The van der Waals surface area contributed by atoms with E-state index in [1.807, 2.05) is 0 Å². The van der Waals surface area contributed by atoms with Gasteiger partial charge in [0.2, 0.25) is 0 Å². The minimum absolute atomic E-state index is 0.0326.